The van der Waals surface area contributed by atoms with E-state index < -0.39 is 18.0 Å². The molecule has 2 aromatic rings. The van der Waals surface area contributed by atoms with Gasteiger partial charge in [-0.25, -0.2) is 4.98 Å². The molecule has 1 aromatic heterocycles. The van der Waals surface area contributed by atoms with Gasteiger partial charge in [0.25, 0.3) is 5.91 Å². The molecule has 1 aromatic carbocycles. The van der Waals surface area contributed by atoms with E-state index in [-0.39, 0.29) is 17.5 Å². The standard InChI is InChI=1S/C20H27F3N4O/c1-13(2)27-17-9-8-14(11-16(17)24-19(27)20(21,22)23)18(28)26-10-6-5-7-15(26)12-25(3)4/h8-9,11,13,15H,5-7,10,12H2,1-4H3. The highest BCUT2D eigenvalue weighted by Gasteiger charge is 2.38. The minimum Gasteiger partial charge on any atom is -0.334 e. The predicted molar refractivity (Wildman–Crippen MR) is 102 cm³/mol. The molecule has 8 heteroatoms. The minimum absolute atomic E-state index is 0.117. The van der Waals surface area contributed by atoms with Crippen LogP contribution in [-0.2, 0) is 6.18 Å². The van der Waals surface area contributed by atoms with Gasteiger partial charge in [-0.05, 0) is 65.4 Å². The fraction of sp³-hybridized carbons (Fsp3) is 0.600. The third-order valence-electron chi connectivity index (χ3n) is 5.17. The van der Waals surface area contributed by atoms with Gasteiger partial charge in [-0.3, -0.25) is 4.79 Å². The number of aromatic nitrogens is 2. The van der Waals surface area contributed by atoms with Crippen LogP contribution in [0, 0.1) is 0 Å². The number of likely N-dealkylation sites (tertiary alicyclic amines) is 1. The predicted octanol–water partition coefficient (Wildman–Crippen LogP) is 4.19. The molecule has 0 saturated carbocycles. The second-order valence-electron chi connectivity index (χ2n) is 8.01. The number of carbonyl (C=O) groups is 1. The molecule has 0 bridgehead atoms. The lowest BCUT2D eigenvalue weighted by molar-refractivity contribution is -0.147. The highest BCUT2D eigenvalue weighted by molar-refractivity contribution is 5.97. The number of fused-ring (bicyclic) bond motifs is 1. The number of rotatable bonds is 4. The summed E-state index contributed by atoms with van der Waals surface area (Å²) in [5.41, 5.74) is 0.982. The van der Waals surface area contributed by atoms with Gasteiger partial charge in [0.1, 0.15) is 0 Å². The zero-order valence-electron chi connectivity index (χ0n) is 16.8. The van der Waals surface area contributed by atoms with Crippen LogP contribution in [0.4, 0.5) is 13.2 Å². The second kappa shape index (κ2) is 7.73. The number of amides is 1. The number of benzene rings is 1. The van der Waals surface area contributed by atoms with Crippen LogP contribution in [0.15, 0.2) is 18.2 Å². The molecule has 1 atom stereocenters. The highest BCUT2D eigenvalue weighted by atomic mass is 19.4. The third-order valence-corrected chi connectivity index (χ3v) is 5.17. The first kappa shape index (κ1) is 20.6. The Labute approximate surface area is 163 Å². The van der Waals surface area contributed by atoms with Crippen molar-refractivity contribution in [2.45, 2.75) is 51.4 Å². The van der Waals surface area contributed by atoms with Gasteiger partial charge < -0.3 is 14.4 Å². The van der Waals surface area contributed by atoms with Crippen LogP contribution in [-0.4, -0.2) is 58.5 Å². The van der Waals surface area contributed by atoms with E-state index in [4.69, 9.17) is 0 Å². The molecule has 1 fully saturated rings. The Morgan fingerprint density at radius 1 is 1.29 bits per heavy atom. The molecule has 3 rings (SSSR count). The minimum atomic E-state index is -4.54. The number of halogens is 3. The Morgan fingerprint density at radius 2 is 2.00 bits per heavy atom. The first-order chi connectivity index (χ1) is 13.1. The average molecular weight is 396 g/mol. The first-order valence-electron chi connectivity index (χ1n) is 9.64. The molecule has 5 nitrogen and oxygen atoms in total. The van der Waals surface area contributed by atoms with Crippen molar-refractivity contribution in [2.24, 2.45) is 0 Å². The quantitative estimate of drug-likeness (QED) is 0.778. The molecule has 1 amide bonds. The van der Waals surface area contributed by atoms with Crippen LogP contribution in [0.2, 0.25) is 0 Å². The Bertz CT molecular complexity index is 857. The van der Waals surface area contributed by atoms with Gasteiger partial charge in [0.2, 0.25) is 5.82 Å². The number of hydrogen-bond donors (Lipinski definition) is 0. The summed E-state index contributed by atoms with van der Waals surface area (Å²) in [6.07, 6.45) is -1.59. The highest BCUT2D eigenvalue weighted by Crippen LogP contribution is 2.34. The van der Waals surface area contributed by atoms with Crippen LogP contribution in [0.3, 0.4) is 0 Å². The summed E-state index contributed by atoms with van der Waals surface area (Å²) in [5, 5.41) is 0. The number of likely N-dealkylation sites (N-methyl/N-ethyl adjacent to an activating group) is 1. The van der Waals surface area contributed by atoms with Crippen molar-refractivity contribution in [1.29, 1.82) is 0 Å². The first-order valence-corrected chi connectivity index (χ1v) is 9.64. The van der Waals surface area contributed by atoms with E-state index in [1.54, 1.807) is 26.0 Å². The molecule has 28 heavy (non-hydrogen) atoms. The van der Waals surface area contributed by atoms with Crippen molar-refractivity contribution in [3.8, 4) is 0 Å². The summed E-state index contributed by atoms with van der Waals surface area (Å²) in [6.45, 7) is 4.82. The molecule has 2 heterocycles. The Hall–Kier alpha value is -2.09. The summed E-state index contributed by atoms with van der Waals surface area (Å²) in [7, 11) is 3.95. The fourth-order valence-electron chi connectivity index (χ4n) is 4.00. The molecule has 0 N–H and O–H groups in total. The van der Waals surface area contributed by atoms with E-state index in [1.165, 1.54) is 10.6 Å². The number of imidazole rings is 1. The molecule has 1 unspecified atom stereocenters. The Morgan fingerprint density at radius 3 is 2.61 bits per heavy atom. The van der Waals surface area contributed by atoms with Gasteiger partial charge in [-0.1, -0.05) is 0 Å². The Balaban J connectivity index is 1.98. The SMILES string of the molecule is CC(C)n1c(C(F)(F)F)nc2cc(C(=O)N3CCCCC3CN(C)C)ccc21. The molecule has 1 saturated heterocycles. The summed E-state index contributed by atoms with van der Waals surface area (Å²) >= 11 is 0. The largest absolute Gasteiger partial charge is 0.449 e. The zero-order valence-corrected chi connectivity index (χ0v) is 16.8. The number of nitrogens with zero attached hydrogens (tertiary/aromatic N) is 4. The van der Waals surface area contributed by atoms with Crippen molar-refractivity contribution >= 4 is 16.9 Å². The molecule has 154 valence electrons. The van der Waals surface area contributed by atoms with Gasteiger partial charge in [-0.15, -0.1) is 0 Å². The van der Waals surface area contributed by atoms with Crippen molar-refractivity contribution in [3.63, 3.8) is 0 Å². The molecular weight excluding hydrogens is 369 g/mol. The maximum absolute atomic E-state index is 13.4. The topological polar surface area (TPSA) is 41.4 Å². The van der Waals surface area contributed by atoms with Crippen molar-refractivity contribution in [1.82, 2.24) is 19.4 Å². The lowest BCUT2D eigenvalue weighted by Gasteiger charge is -2.37. The number of piperidine rings is 1. The number of carbonyl (C=O) groups excluding carboxylic acids is 1. The number of alkyl halides is 3. The van der Waals surface area contributed by atoms with Crippen LogP contribution in [0.1, 0.15) is 55.3 Å². The summed E-state index contributed by atoms with van der Waals surface area (Å²) in [4.78, 5) is 20.8. The zero-order chi connectivity index (χ0) is 20.6. The van der Waals surface area contributed by atoms with Crippen molar-refractivity contribution < 1.29 is 18.0 Å². The maximum atomic E-state index is 13.4. The van der Waals surface area contributed by atoms with Gasteiger partial charge in [0.05, 0.1) is 11.0 Å². The van der Waals surface area contributed by atoms with E-state index in [2.05, 4.69) is 9.88 Å². The molecule has 0 aliphatic carbocycles. The third kappa shape index (κ3) is 4.01. The van der Waals surface area contributed by atoms with Crippen LogP contribution < -0.4 is 0 Å². The molecule has 0 spiro atoms. The van der Waals surface area contributed by atoms with Gasteiger partial charge in [0, 0.05) is 30.7 Å². The van der Waals surface area contributed by atoms with Gasteiger partial charge in [0.15, 0.2) is 0 Å². The smallest absolute Gasteiger partial charge is 0.334 e. The Kier molecular flexibility index (Phi) is 5.70. The maximum Gasteiger partial charge on any atom is 0.449 e. The molecular formula is C20H27F3N4O. The molecule has 1 aliphatic rings. The summed E-state index contributed by atoms with van der Waals surface area (Å²) < 4.78 is 41.4. The van der Waals surface area contributed by atoms with E-state index in [1.807, 2.05) is 19.0 Å². The van der Waals surface area contributed by atoms with Crippen molar-refractivity contribution in [3.05, 3.63) is 29.6 Å². The number of hydrogen-bond acceptors (Lipinski definition) is 3. The van der Waals surface area contributed by atoms with E-state index in [0.717, 1.165) is 25.8 Å². The summed E-state index contributed by atoms with van der Waals surface area (Å²) in [6, 6.07) is 4.41. The fourth-order valence-corrected chi connectivity index (χ4v) is 4.00. The van der Waals surface area contributed by atoms with Gasteiger partial charge in [-0.2, -0.15) is 13.2 Å². The van der Waals surface area contributed by atoms with Gasteiger partial charge >= 0.3 is 6.18 Å². The van der Waals surface area contributed by atoms with E-state index in [9.17, 15) is 18.0 Å². The van der Waals surface area contributed by atoms with Crippen LogP contribution >= 0.6 is 0 Å². The van der Waals surface area contributed by atoms with E-state index in [0.29, 0.717) is 17.6 Å². The normalized spacial score (nSPS) is 18.5. The lowest BCUT2D eigenvalue weighted by atomic mass is 10.00. The average Bonchev–Trinajstić information content (AvgIpc) is 3.00. The lowest BCUT2D eigenvalue weighted by Crippen LogP contribution is -2.48. The van der Waals surface area contributed by atoms with Crippen molar-refractivity contribution in [2.75, 3.05) is 27.2 Å². The van der Waals surface area contributed by atoms with Crippen LogP contribution in [0.25, 0.3) is 11.0 Å². The van der Waals surface area contributed by atoms with E-state index >= 15 is 0 Å². The summed E-state index contributed by atoms with van der Waals surface area (Å²) in [5.74, 6) is -1.06. The molecule has 1 aliphatic heterocycles. The van der Waals surface area contributed by atoms with Crippen LogP contribution in [0.5, 0.6) is 0 Å². The second-order valence-corrected chi connectivity index (χ2v) is 8.01. The monoisotopic (exact) mass is 396 g/mol. The molecule has 0 radical (unpaired) electrons.